The second kappa shape index (κ2) is 3.94. The van der Waals surface area contributed by atoms with Gasteiger partial charge in [-0.3, -0.25) is 4.79 Å². The Morgan fingerprint density at radius 2 is 2.00 bits per heavy atom. The van der Waals surface area contributed by atoms with Gasteiger partial charge in [-0.25, -0.2) is 0 Å². The first-order valence-corrected chi connectivity index (χ1v) is 7.17. The monoisotopic (exact) mass is 252 g/mol. The van der Waals surface area contributed by atoms with Gasteiger partial charge in [-0.15, -0.1) is 0 Å². The first kappa shape index (κ1) is 12.4. The average Bonchev–Trinajstić information content (AvgIpc) is 2.90. The molecule has 1 amide bonds. The number of piperazine rings is 1. The van der Waals surface area contributed by atoms with Crippen LogP contribution in [0.3, 0.4) is 0 Å². The van der Waals surface area contributed by atoms with Crippen LogP contribution >= 0.6 is 0 Å². The number of aliphatic hydroxyl groups is 1. The molecular weight excluding hydrogens is 228 g/mol. The molecule has 2 saturated carbocycles. The van der Waals surface area contributed by atoms with Crippen LogP contribution in [0.2, 0.25) is 0 Å². The largest absolute Gasteiger partial charge is 0.391 e. The minimum Gasteiger partial charge on any atom is -0.391 e. The van der Waals surface area contributed by atoms with Crippen molar-refractivity contribution < 1.29 is 9.90 Å². The predicted octanol–water partition coefficient (Wildman–Crippen LogP) is 0.605. The van der Waals surface area contributed by atoms with Gasteiger partial charge >= 0.3 is 0 Å². The zero-order chi connectivity index (χ0) is 13.0. The predicted molar refractivity (Wildman–Crippen MR) is 69.0 cm³/mol. The first-order valence-electron chi connectivity index (χ1n) is 7.17. The Balaban J connectivity index is 1.84. The van der Waals surface area contributed by atoms with E-state index >= 15 is 0 Å². The summed E-state index contributed by atoms with van der Waals surface area (Å²) in [6.07, 6.45) is 2.41. The van der Waals surface area contributed by atoms with Crippen LogP contribution < -0.4 is 5.32 Å². The van der Waals surface area contributed by atoms with E-state index in [1.54, 1.807) is 0 Å². The number of fused-ring (bicyclic) bond motifs is 2. The maximum Gasteiger partial charge on any atom is 0.231 e. The number of amides is 1. The van der Waals surface area contributed by atoms with Crippen LogP contribution in [-0.4, -0.2) is 48.2 Å². The van der Waals surface area contributed by atoms with Gasteiger partial charge in [-0.2, -0.15) is 0 Å². The fourth-order valence-electron chi connectivity index (χ4n) is 4.39. The number of carbonyl (C=O) groups is 1. The van der Waals surface area contributed by atoms with Crippen LogP contribution in [0.1, 0.15) is 33.1 Å². The maximum atomic E-state index is 12.8. The molecule has 3 aliphatic rings. The van der Waals surface area contributed by atoms with Crippen molar-refractivity contribution in [2.45, 2.75) is 39.2 Å². The number of hydrogen-bond donors (Lipinski definition) is 2. The molecular formula is C14H24N2O2. The summed E-state index contributed by atoms with van der Waals surface area (Å²) in [6.45, 7) is 7.58. The maximum absolute atomic E-state index is 12.8. The molecule has 0 unspecified atom stereocenters. The third-order valence-corrected chi connectivity index (χ3v) is 5.66. The SMILES string of the molecule is CC1(C)[C@H]2CC[C@@](C(=O)N3CCNCC3)(C2)[C@@H]1O. The minimum absolute atomic E-state index is 0.0953. The van der Waals surface area contributed by atoms with Gasteiger partial charge in [0, 0.05) is 26.2 Å². The summed E-state index contributed by atoms with van der Waals surface area (Å²) < 4.78 is 0. The Labute approximate surface area is 109 Å². The van der Waals surface area contributed by atoms with E-state index in [2.05, 4.69) is 19.2 Å². The highest BCUT2D eigenvalue weighted by atomic mass is 16.3. The van der Waals surface area contributed by atoms with Crippen molar-refractivity contribution in [3.05, 3.63) is 0 Å². The zero-order valence-electron chi connectivity index (χ0n) is 11.4. The number of aliphatic hydroxyl groups excluding tert-OH is 1. The van der Waals surface area contributed by atoms with Crippen molar-refractivity contribution in [2.75, 3.05) is 26.2 Å². The Morgan fingerprint density at radius 3 is 2.56 bits per heavy atom. The van der Waals surface area contributed by atoms with Gasteiger partial charge in [-0.1, -0.05) is 13.8 Å². The fraction of sp³-hybridized carbons (Fsp3) is 0.929. The van der Waals surface area contributed by atoms with Gasteiger partial charge in [0.15, 0.2) is 0 Å². The van der Waals surface area contributed by atoms with Crippen LogP contribution in [0.25, 0.3) is 0 Å². The molecule has 1 heterocycles. The molecule has 2 aliphatic carbocycles. The molecule has 0 spiro atoms. The number of hydrogen-bond acceptors (Lipinski definition) is 3. The molecule has 4 nitrogen and oxygen atoms in total. The van der Waals surface area contributed by atoms with E-state index in [9.17, 15) is 9.90 Å². The normalized spacial score (nSPS) is 42.3. The van der Waals surface area contributed by atoms with Crippen LogP contribution in [0.15, 0.2) is 0 Å². The van der Waals surface area contributed by atoms with Crippen molar-refractivity contribution in [3.8, 4) is 0 Å². The summed E-state index contributed by atoms with van der Waals surface area (Å²) in [6, 6.07) is 0. The standard InChI is InChI=1S/C14H24N2O2/c1-13(2)10-3-4-14(9-10,11(13)17)12(18)16-7-5-15-6-8-16/h10-11,15,17H,3-9H2,1-2H3/t10-,11+,14+/m0/s1. The number of nitrogens with zero attached hydrogens (tertiary/aromatic N) is 1. The Morgan fingerprint density at radius 1 is 1.33 bits per heavy atom. The fourth-order valence-corrected chi connectivity index (χ4v) is 4.39. The van der Waals surface area contributed by atoms with E-state index in [0.29, 0.717) is 5.92 Å². The number of rotatable bonds is 1. The lowest BCUT2D eigenvalue weighted by Gasteiger charge is -2.42. The number of carbonyl (C=O) groups excluding carboxylic acids is 1. The third-order valence-electron chi connectivity index (χ3n) is 5.66. The molecule has 0 radical (unpaired) electrons. The molecule has 3 atom stereocenters. The van der Waals surface area contributed by atoms with Gasteiger partial charge in [0.25, 0.3) is 0 Å². The van der Waals surface area contributed by atoms with E-state index in [0.717, 1.165) is 45.4 Å². The zero-order valence-corrected chi connectivity index (χ0v) is 11.4. The van der Waals surface area contributed by atoms with Crippen LogP contribution in [0.4, 0.5) is 0 Å². The highest BCUT2D eigenvalue weighted by Gasteiger charge is 2.65. The lowest BCUT2D eigenvalue weighted by Crippen LogP contribution is -2.55. The molecule has 18 heavy (non-hydrogen) atoms. The van der Waals surface area contributed by atoms with Crippen molar-refractivity contribution in [2.24, 2.45) is 16.7 Å². The molecule has 0 aromatic rings. The van der Waals surface area contributed by atoms with Gasteiger partial charge in [0.1, 0.15) is 0 Å². The molecule has 1 aliphatic heterocycles. The number of nitrogens with one attached hydrogen (secondary N) is 1. The van der Waals surface area contributed by atoms with Crippen molar-refractivity contribution in [1.82, 2.24) is 10.2 Å². The molecule has 4 heteroatoms. The lowest BCUT2D eigenvalue weighted by atomic mass is 9.69. The molecule has 102 valence electrons. The molecule has 2 N–H and O–H groups in total. The lowest BCUT2D eigenvalue weighted by molar-refractivity contribution is -0.152. The van der Waals surface area contributed by atoms with E-state index in [4.69, 9.17) is 0 Å². The van der Waals surface area contributed by atoms with E-state index in [1.165, 1.54) is 0 Å². The highest BCUT2D eigenvalue weighted by molar-refractivity contribution is 5.84. The van der Waals surface area contributed by atoms with E-state index in [-0.39, 0.29) is 11.3 Å². The summed E-state index contributed by atoms with van der Waals surface area (Å²) in [5.74, 6) is 0.726. The molecule has 0 aromatic heterocycles. The first-order chi connectivity index (χ1) is 8.48. The molecule has 2 bridgehead atoms. The summed E-state index contributed by atoms with van der Waals surface area (Å²) in [5, 5.41) is 13.9. The third kappa shape index (κ3) is 1.48. The second-order valence-electron chi connectivity index (χ2n) is 6.86. The summed E-state index contributed by atoms with van der Waals surface area (Å²) in [5.41, 5.74) is -0.562. The van der Waals surface area contributed by atoms with Crippen LogP contribution in [0.5, 0.6) is 0 Å². The molecule has 3 fully saturated rings. The van der Waals surface area contributed by atoms with Gasteiger partial charge < -0.3 is 15.3 Å². The Hall–Kier alpha value is -0.610. The molecule has 0 aromatic carbocycles. The summed E-state index contributed by atoms with van der Waals surface area (Å²) in [4.78, 5) is 14.8. The topological polar surface area (TPSA) is 52.6 Å². The summed E-state index contributed by atoms with van der Waals surface area (Å²) in [7, 11) is 0. The Bertz CT molecular complexity index is 363. The van der Waals surface area contributed by atoms with Crippen molar-refractivity contribution in [3.63, 3.8) is 0 Å². The average molecular weight is 252 g/mol. The van der Waals surface area contributed by atoms with Crippen molar-refractivity contribution >= 4 is 5.91 Å². The van der Waals surface area contributed by atoms with Gasteiger partial charge in [0.05, 0.1) is 11.5 Å². The Kier molecular flexibility index (Phi) is 2.72. The molecule has 1 saturated heterocycles. The van der Waals surface area contributed by atoms with E-state index in [1.807, 2.05) is 4.90 Å². The van der Waals surface area contributed by atoms with E-state index < -0.39 is 11.5 Å². The summed E-state index contributed by atoms with van der Waals surface area (Å²) >= 11 is 0. The smallest absolute Gasteiger partial charge is 0.231 e. The van der Waals surface area contributed by atoms with Crippen LogP contribution in [-0.2, 0) is 4.79 Å². The van der Waals surface area contributed by atoms with Crippen LogP contribution in [0, 0.1) is 16.7 Å². The van der Waals surface area contributed by atoms with Gasteiger partial charge in [0.2, 0.25) is 5.91 Å². The highest BCUT2D eigenvalue weighted by Crippen LogP contribution is 2.63. The minimum atomic E-state index is -0.467. The van der Waals surface area contributed by atoms with Gasteiger partial charge in [-0.05, 0) is 30.6 Å². The molecule has 3 rings (SSSR count). The van der Waals surface area contributed by atoms with Crippen molar-refractivity contribution in [1.29, 1.82) is 0 Å². The quantitative estimate of drug-likeness (QED) is 0.719. The second-order valence-corrected chi connectivity index (χ2v) is 6.86.